The summed E-state index contributed by atoms with van der Waals surface area (Å²) >= 11 is 3.33. The number of methoxy groups -OCH3 is 1. The Labute approximate surface area is 353 Å². The zero-order valence-electron chi connectivity index (χ0n) is 33.2. The second-order valence-corrected chi connectivity index (χ2v) is 16.1. The molecule has 0 N–H and O–H groups in total. The molecule has 59 heavy (non-hydrogen) atoms. The molecule has 1 aromatic heterocycles. The summed E-state index contributed by atoms with van der Waals surface area (Å²) in [6, 6.07) is 30.5. The van der Waals surface area contributed by atoms with E-state index in [2.05, 4.69) is 24.8 Å². The van der Waals surface area contributed by atoms with E-state index < -0.39 is 5.97 Å². The van der Waals surface area contributed by atoms with E-state index in [1.54, 1.807) is 78.9 Å². The number of carbonyl (C=O) groups is 3. The first-order chi connectivity index (χ1) is 28.9. The molecule has 5 aromatic rings. The van der Waals surface area contributed by atoms with Crippen LogP contribution in [0, 0.1) is 11.8 Å². The predicted octanol–water partition coefficient (Wildman–Crippen LogP) is 9.92. The van der Waals surface area contributed by atoms with E-state index >= 15 is 0 Å². The van der Waals surface area contributed by atoms with Crippen LogP contribution in [0.4, 0.5) is 5.13 Å². The van der Waals surface area contributed by atoms with E-state index in [-0.39, 0.29) is 23.8 Å². The summed E-state index contributed by atoms with van der Waals surface area (Å²) in [4.78, 5) is 43.5. The Morgan fingerprint density at radius 2 is 1.46 bits per heavy atom. The van der Waals surface area contributed by atoms with E-state index in [1.807, 2.05) is 41.4 Å². The van der Waals surface area contributed by atoms with Crippen LogP contribution < -0.4 is 24.0 Å². The van der Waals surface area contributed by atoms with Crippen LogP contribution in [0.5, 0.6) is 23.0 Å². The Morgan fingerprint density at radius 1 is 0.814 bits per heavy atom. The van der Waals surface area contributed by atoms with Crippen molar-refractivity contribution in [2.45, 2.75) is 56.3 Å². The number of hydrogen-bond acceptors (Lipinski definition) is 13. The molecule has 0 bridgehead atoms. The number of anilines is 1. The van der Waals surface area contributed by atoms with Gasteiger partial charge < -0.3 is 23.7 Å². The second kappa shape index (κ2) is 22.5. The Kier molecular flexibility index (Phi) is 16.4. The number of benzene rings is 4. The highest BCUT2D eigenvalue weighted by molar-refractivity contribution is 7.99. The maximum absolute atomic E-state index is 13.3. The largest absolute Gasteiger partial charge is 0.496 e. The average Bonchev–Trinajstić information content (AvgIpc) is 3.71. The van der Waals surface area contributed by atoms with Crippen molar-refractivity contribution in [2.75, 3.05) is 37.6 Å². The van der Waals surface area contributed by atoms with Gasteiger partial charge in [0.1, 0.15) is 23.0 Å². The fourth-order valence-corrected chi connectivity index (χ4v) is 8.29. The van der Waals surface area contributed by atoms with E-state index in [0.717, 1.165) is 52.9 Å². The van der Waals surface area contributed by atoms with Gasteiger partial charge in [0.2, 0.25) is 5.13 Å². The number of nitrogens with zero attached hydrogens (tertiary/aromatic N) is 3. The van der Waals surface area contributed by atoms with Crippen LogP contribution >= 0.6 is 23.1 Å². The predicted molar refractivity (Wildman–Crippen MR) is 233 cm³/mol. The number of carbonyl (C=O) groups excluding carboxylic acids is 3. The lowest BCUT2D eigenvalue weighted by Gasteiger charge is -2.25. The van der Waals surface area contributed by atoms with Crippen LogP contribution in [0.1, 0.15) is 56.9 Å². The number of ether oxygens (including phenoxy) is 5. The van der Waals surface area contributed by atoms with E-state index in [0.29, 0.717) is 74.0 Å². The van der Waals surface area contributed by atoms with Gasteiger partial charge in [-0.05, 0) is 118 Å². The molecule has 1 saturated carbocycles. The summed E-state index contributed by atoms with van der Waals surface area (Å²) in [6.07, 6.45) is 8.55. The summed E-state index contributed by atoms with van der Waals surface area (Å²) in [6.45, 7) is 4.95. The van der Waals surface area contributed by atoms with Crippen molar-refractivity contribution in [3.05, 3.63) is 115 Å². The fraction of sp³-hybridized carbons (Fsp3) is 0.326. The first kappa shape index (κ1) is 42.9. The van der Waals surface area contributed by atoms with Gasteiger partial charge in [-0.2, -0.15) is 5.10 Å². The number of para-hydroxylation sites is 1. The Bertz CT molecular complexity index is 2140. The van der Waals surface area contributed by atoms with Gasteiger partial charge in [0.15, 0.2) is 0 Å². The van der Waals surface area contributed by atoms with Crippen molar-refractivity contribution in [3.63, 3.8) is 0 Å². The van der Waals surface area contributed by atoms with E-state index in [1.165, 1.54) is 4.90 Å². The number of hydrazone groups is 1. The van der Waals surface area contributed by atoms with Crippen molar-refractivity contribution in [3.8, 4) is 23.0 Å². The smallest absolute Gasteiger partial charge is 0.330 e. The highest BCUT2D eigenvalue weighted by atomic mass is 32.2. The van der Waals surface area contributed by atoms with E-state index in [4.69, 9.17) is 33.8 Å². The first-order valence-corrected chi connectivity index (χ1v) is 21.7. The molecule has 13 heteroatoms. The molecule has 1 fully saturated rings. The highest BCUT2D eigenvalue weighted by Crippen LogP contribution is 2.33. The minimum absolute atomic E-state index is 0.302. The van der Waals surface area contributed by atoms with Crippen LogP contribution in [0.2, 0.25) is 0 Å². The average molecular weight is 836 g/mol. The van der Waals surface area contributed by atoms with Gasteiger partial charge in [-0.25, -0.2) is 14.8 Å². The lowest BCUT2D eigenvalue weighted by Crippen LogP contribution is -2.30. The number of fused-ring (bicyclic) bond motifs is 1. The van der Waals surface area contributed by atoms with Gasteiger partial charge in [0, 0.05) is 22.3 Å². The third-order valence-corrected chi connectivity index (χ3v) is 11.8. The molecule has 0 aliphatic heterocycles. The highest BCUT2D eigenvalue weighted by Gasteiger charge is 2.32. The molecule has 0 unspecified atom stereocenters. The number of rotatable bonds is 21. The molecule has 0 saturated heterocycles. The number of hydrogen-bond donors (Lipinski definition) is 0. The lowest BCUT2D eigenvalue weighted by atomic mass is 9.82. The molecule has 0 amide bonds. The minimum Gasteiger partial charge on any atom is -0.496 e. The van der Waals surface area contributed by atoms with Crippen LogP contribution in [0.15, 0.2) is 120 Å². The summed E-state index contributed by atoms with van der Waals surface area (Å²) < 4.78 is 29.1. The zero-order chi connectivity index (χ0) is 41.2. The summed E-state index contributed by atoms with van der Waals surface area (Å²) in [7, 11) is 1.59. The van der Waals surface area contributed by atoms with Gasteiger partial charge in [0.25, 0.3) is 0 Å². The first-order valence-electron chi connectivity index (χ1n) is 19.9. The van der Waals surface area contributed by atoms with Gasteiger partial charge in [-0.1, -0.05) is 48.2 Å². The summed E-state index contributed by atoms with van der Waals surface area (Å²) in [5.41, 5.74) is 1.57. The Balaban J connectivity index is 0.969. The SMILES string of the molecule is C=CC(=O)OCCCCCCOc1ccc(OC(=O)C2CCC(C(=O)Oc3ccc(OC)c(/C=N/N(CCSc4ccccc4)c4nc5ccccc5s4)c3)CC2)cc1. The minimum atomic E-state index is -0.397. The maximum atomic E-state index is 13.3. The van der Waals surface area contributed by atoms with Crippen molar-refractivity contribution >= 4 is 62.6 Å². The second-order valence-electron chi connectivity index (χ2n) is 13.9. The quantitative estimate of drug-likeness (QED) is 0.0133. The third kappa shape index (κ3) is 13.2. The van der Waals surface area contributed by atoms with Gasteiger partial charge >= 0.3 is 17.9 Å². The number of thiazole rings is 1. The van der Waals surface area contributed by atoms with Crippen molar-refractivity contribution in [2.24, 2.45) is 16.9 Å². The molecule has 1 aliphatic rings. The number of aromatic nitrogens is 1. The van der Waals surface area contributed by atoms with Gasteiger partial charge in [-0.15, -0.1) is 11.8 Å². The molecule has 0 radical (unpaired) electrons. The molecular weight excluding hydrogens is 787 g/mol. The molecule has 11 nitrogen and oxygen atoms in total. The molecule has 1 aliphatic carbocycles. The summed E-state index contributed by atoms with van der Waals surface area (Å²) in [5, 5.41) is 7.54. The van der Waals surface area contributed by atoms with Crippen LogP contribution in [0.25, 0.3) is 10.2 Å². The Hall–Kier alpha value is -5.66. The lowest BCUT2D eigenvalue weighted by molar-refractivity contribution is -0.145. The number of thioether (sulfide) groups is 1. The maximum Gasteiger partial charge on any atom is 0.330 e. The van der Waals surface area contributed by atoms with Gasteiger partial charge in [0.05, 0.1) is 55.1 Å². The zero-order valence-corrected chi connectivity index (χ0v) is 34.8. The Morgan fingerprint density at radius 3 is 2.15 bits per heavy atom. The van der Waals surface area contributed by atoms with Gasteiger partial charge in [-0.3, -0.25) is 9.59 Å². The molecule has 6 rings (SSSR count). The molecule has 4 aromatic carbocycles. The van der Waals surface area contributed by atoms with Crippen molar-refractivity contribution < 1.29 is 38.1 Å². The van der Waals surface area contributed by atoms with Crippen LogP contribution in [-0.4, -0.2) is 61.7 Å². The van der Waals surface area contributed by atoms with Crippen LogP contribution in [0.3, 0.4) is 0 Å². The van der Waals surface area contributed by atoms with Crippen LogP contribution in [-0.2, 0) is 19.1 Å². The van der Waals surface area contributed by atoms with E-state index in [9.17, 15) is 14.4 Å². The number of unbranched alkanes of at least 4 members (excludes halogenated alkanes) is 3. The fourth-order valence-electron chi connectivity index (χ4n) is 6.50. The normalized spacial score (nSPS) is 15.1. The third-order valence-electron chi connectivity index (χ3n) is 9.73. The molecule has 308 valence electrons. The molecule has 0 spiro atoms. The molecular formula is C46H49N3O8S2. The standard InChI is InChI=1S/C46H49N3O8S2/c1-3-43(50)55-29-12-5-4-11-28-54-36-21-23-37(24-22-36)56-44(51)33-17-19-34(20-18-33)45(52)57-38-25-26-41(53-2)35(31-38)32-47-49(27-30-58-39-13-7-6-8-14-39)46-48-40-15-9-10-16-42(40)59-46/h3,6-10,13-16,21-26,31-34H,1,4-5,11-12,17-20,27-30H2,2H3/b47-32+. The molecule has 0 atom stereocenters. The van der Waals surface area contributed by atoms with Crippen molar-refractivity contribution in [1.29, 1.82) is 0 Å². The van der Waals surface area contributed by atoms with Crippen molar-refractivity contribution in [1.82, 2.24) is 4.98 Å². The number of esters is 3. The molecule has 1 heterocycles. The summed E-state index contributed by atoms with van der Waals surface area (Å²) in [5.74, 6) is 1.25. The topological polar surface area (TPSA) is 126 Å². The monoisotopic (exact) mass is 835 g/mol.